The summed E-state index contributed by atoms with van der Waals surface area (Å²) in [6.45, 7) is 10.4. The Morgan fingerprint density at radius 3 is 1.92 bits per heavy atom. The number of nitrogens with one attached hydrogen (secondary N) is 2. The molecule has 3 amide bonds. The predicted molar refractivity (Wildman–Crippen MR) is 142 cm³/mol. The van der Waals surface area contributed by atoms with Crippen LogP contribution in [0.5, 0.6) is 0 Å². The molecule has 0 spiro atoms. The third-order valence-corrected chi connectivity index (χ3v) is 5.11. The minimum absolute atomic E-state index is 0.150. The fraction of sp³-hybridized carbons (Fsp3) is 0.414. The Hall–Kier alpha value is -3.61. The van der Waals surface area contributed by atoms with E-state index in [4.69, 9.17) is 4.74 Å². The molecule has 2 rings (SSSR count). The highest BCUT2D eigenvalue weighted by atomic mass is 16.6. The molecular formula is C29H39N3O4. The molecule has 0 aliphatic heterocycles. The van der Waals surface area contributed by atoms with Gasteiger partial charge < -0.3 is 20.3 Å². The molecule has 0 aromatic heterocycles. The summed E-state index contributed by atoms with van der Waals surface area (Å²) in [6.07, 6.45) is 2.94. The summed E-state index contributed by atoms with van der Waals surface area (Å²) in [5.41, 5.74) is 1.42. The Bertz CT molecular complexity index is 957. The molecule has 1 atom stereocenters. The fourth-order valence-electron chi connectivity index (χ4n) is 3.52. The average Bonchev–Trinajstić information content (AvgIpc) is 2.80. The smallest absolute Gasteiger partial charge is 0.408 e. The molecule has 2 aromatic rings. The summed E-state index contributed by atoms with van der Waals surface area (Å²) in [7, 11) is 0. The number of alkyl carbamates (subject to hydrolysis) is 1. The van der Waals surface area contributed by atoms with Gasteiger partial charge in [0.05, 0.1) is 0 Å². The van der Waals surface area contributed by atoms with E-state index in [1.54, 1.807) is 31.7 Å². The second kappa shape index (κ2) is 14.1. The van der Waals surface area contributed by atoms with E-state index in [2.05, 4.69) is 10.6 Å². The van der Waals surface area contributed by atoms with Gasteiger partial charge in [-0.3, -0.25) is 9.59 Å². The van der Waals surface area contributed by atoms with Gasteiger partial charge >= 0.3 is 6.09 Å². The summed E-state index contributed by atoms with van der Waals surface area (Å²) < 4.78 is 5.29. The van der Waals surface area contributed by atoms with Crippen molar-refractivity contribution in [3.63, 3.8) is 0 Å². The maximum atomic E-state index is 13.0. The Balaban J connectivity index is 1.98. The Morgan fingerprint density at radius 1 is 0.917 bits per heavy atom. The van der Waals surface area contributed by atoms with Crippen LogP contribution >= 0.6 is 0 Å². The Kier molecular flexibility index (Phi) is 11.2. The van der Waals surface area contributed by atoms with Crippen molar-refractivity contribution in [1.29, 1.82) is 0 Å². The van der Waals surface area contributed by atoms with Gasteiger partial charge in [-0.25, -0.2) is 4.79 Å². The number of benzene rings is 2. The maximum Gasteiger partial charge on any atom is 0.408 e. The molecule has 7 heteroatoms. The van der Waals surface area contributed by atoms with Crippen LogP contribution in [0, 0.1) is 5.92 Å². The molecule has 0 radical (unpaired) electrons. The standard InChI is InChI=1S/C29H39N3O4/c1-22(2)19-25(31-28(35)36-29(3,4)5)27(34)30-18-12-17-26(33)32(20-23-13-8-6-9-14-23)21-24-15-10-7-11-16-24/h6-17,22,25H,18-21H2,1-5H3,(H,30,34)(H,31,35)/t25-/m0/s1. The number of nitrogens with zero attached hydrogens (tertiary/aromatic N) is 1. The molecule has 0 fully saturated rings. The van der Waals surface area contributed by atoms with E-state index < -0.39 is 17.7 Å². The van der Waals surface area contributed by atoms with Crippen molar-refractivity contribution in [1.82, 2.24) is 15.5 Å². The van der Waals surface area contributed by atoms with Crippen LogP contribution in [0.2, 0.25) is 0 Å². The minimum atomic E-state index is -0.725. The zero-order valence-corrected chi connectivity index (χ0v) is 22.0. The van der Waals surface area contributed by atoms with Crippen LogP contribution in [-0.2, 0) is 27.4 Å². The number of carbonyl (C=O) groups is 3. The summed E-state index contributed by atoms with van der Waals surface area (Å²) in [5.74, 6) is -0.281. The van der Waals surface area contributed by atoms with Crippen LogP contribution in [-0.4, -0.2) is 41.0 Å². The summed E-state index contributed by atoms with van der Waals surface area (Å²) in [6, 6.07) is 18.9. The number of hydrogen-bond donors (Lipinski definition) is 2. The van der Waals surface area contributed by atoms with Crippen molar-refractivity contribution >= 4 is 17.9 Å². The van der Waals surface area contributed by atoms with Crippen LogP contribution in [0.15, 0.2) is 72.8 Å². The van der Waals surface area contributed by atoms with Gasteiger partial charge in [-0.1, -0.05) is 80.6 Å². The topological polar surface area (TPSA) is 87.7 Å². The lowest BCUT2D eigenvalue weighted by Gasteiger charge is -2.24. The molecule has 2 N–H and O–H groups in total. The van der Waals surface area contributed by atoms with Gasteiger partial charge in [0.1, 0.15) is 11.6 Å². The SMILES string of the molecule is CC(C)C[C@H](NC(=O)OC(C)(C)C)C(=O)NCC=CC(=O)N(Cc1ccccc1)Cc1ccccc1. The first-order valence-electron chi connectivity index (χ1n) is 12.3. The third kappa shape index (κ3) is 11.2. The monoisotopic (exact) mass is 493 g/mol. The molecule has 194 valence electrons. The largest absolute Gasteiger partial charge is 0.444 e. The van der Waals surface area contributed by atoms with Crippen LogP contribution in [0.3, 0.4) is 0 Å². The lowest BCUT2D eigenvalue weighted by atomic mass is 10.0. The quantitative estimate of drug-likeness (QED) is 0.439. The van der Waals surface area contributed by atoms with E-state index in [0.717, 1.165) is 11.1 Å². The van der Waals surface area contributed by atoms with Crippen molar-refractivity contribution in [2.24, 2.45) is 5.92 Å². The van der Waals surface area contributed by atoms with Crippen LogP contribution in [0.25, 0.3) is 0 Å². The van der Waals surface area contributed by atoms with E-state index in [-0.39, 0.29) is 24.3 Å². The van der Waals surface area contributed by atoms with E-state index >= 15 is 0 Å². The molecule has 0 unspecified atom stereocenters. The summed E-state index contributed by atoms with van der Waals surface area (Å²) in [5, 5.41) is 5.44. The Morgan fingerprint density at radius 2 is 1.44 bits per heavy atom. The van der Waals surface area contributed by atoms with E-state index in [1.165, 1.54) is 6.08 Å². The van der Waals surface area contributed by atoms with E-state index in [1.807, 2.05) is 74.5 Å². The van der Waals surface area contributed by atoms with Crippen molar-refractivity contribution in [3.05, 3.63) is 83.9 Å². The van der Waals surface area contributed by atoms with Crippen molar-refractivity contribution in [2.75, 3.05) is 6.54 Å². The number of carbonyl (C=O) groups excluding carboxylic acids is 3. The first-order chi connectivity index (χ1) is 17.0. The van der Waals surface area contributed by atoms with E-state index in [9.17, 15) is 14.4 Å². The van der Waals surface area contributed by atoms with Gasteiger partial charge in [0.2, 0.25) is 11.8 Å². The number of rotatable bonds is 11. The first-order valence-corrected chi connectivity index (χ1v) is 12.3. The van der Waals surface area contributed by atoms with Gasteiger partial charge in [-0.15, -0.1) is 0 Å². The van der Waals surface area contributed by atoms with Crippen molar-refractivity contribution < 1.29 is 19.1 Å². The highest BCUT2D eigenvalue weighted by molar-refractivity contribution is 5.88. The molecule has 0 saturated heterocycles. The Labute approximate surface area is 214 Å². The zero-order chi connectivity index (χ0) is 26.6. The van der Waals surface area contributed by atoms with Gasteiger partial charge in [0, 0.05) is 25.7 Å². The average molecular weight is 494 g/mol. The van der Waals surface area contributed by atoms with Crippen molar-refractivity contribution in [2.45, 2.75) is 65.8 Å². The third-order valence-electron chi connectivity index (χ3n) is 5.11. The van der Waals surface area contributed by atoms with Gasteiger partial charge in [0.15, 0.2) is 0 Å². The van der Waals surface area contributed by atoms with Crippen LogP contribution < -0.4 is 10.6 Å². The molecule has 0 saturated carbocycles. The number of hydrogen-bond acceptors (Lipinski definition) is 4. The molecule has 0 aliphatic rings. The number of amides is 3. The van der Waals surface area contributed by atoms with Crippen molar-refractivity contribution in [3.8, 4) is 0 Å². The summed E-state index contributed by atoms with van der Waals surface area (Å²) >= 11 is 0. The second-order valence-corrected chi connectivity index (χ2v) is 10.1. The van der Waals surface area contributed by atoms with Gasteiger partial charge in [-0.05, 0) is 44.2 Å². The van der Waals surface area contributed by atoms with Crippen LogP contribution in [0.4, 0.5) is 4.79 Å². The maximum absolute atomic E-state index is 13.0. The zero-order valence-electron chi connectivity index (χ0n) is 22.0. The van der Waals surface area contributed by atoms with Gasteiger partial charge in [0.25, 0.3) is 0 Å². The molecule has 0 bridgehead atoms. The van der Waals surface area contributed by atoms with Gasteiger partial charge in [-0.2, -0.15) is 0 Å². The first kappa shape index (κ1) is 28.6. The lowest BCUT2D eigenvalue weighted by Crippen LogP contribution is -2.48. The molecule has 7 nitrogen and oxygen atoms in total. The minimum Gasteiger partial charge on any atom is -0.444 e. The second-order valence-electron chi connectivity index (χ2n) is 10.1. The molecule has 0 aliphatic carbocycles. The number of ether oxygens (including phenoxy) is 1. The molecular weight excluding hydrogens is 454 g/mol. The summed E-state index contributed by atoms with van der Waals surface area (Å²) in [4.78, 5) is 39.7. The van der Waals surface area contributed by atoms with E-state index in [0.29, 0.717) is 19.5 Å². The highest BCUT2D eigenvalue weighted by Gasteiger charge is 2.24. The molecule has 2 aromatic carbocycles. The highest BCUT2D eigenvalue weighted by Crippen LogP contribution is 2.12. The van der Waals surface area contributed by atoms with Crippen LogP contribution in [0.1, 0.15) is 52.2 Å². The normalized spacial score (nSPS) is 12.3. The molecule has 0 heterocycles. The predicted octanol–water partition coefficient (Wildman–Crippen LogP) is 4.83. The lowest BCUT2D eigenvalue weighted by molar-refractivity contribution is -0.127. The molecule has 36 heavy (non-hydrogen) atoms. The fourth-order valence-corrected chi connectivity index (χ4v) is 3.52.